The van der Waals surface area contributed by atoms with Crippen LogP contribution in [0.15, 0.2) is 24.3 Å². The summed E-state index contributed by atoms with van der Waals surface area (Å²) in [5.74, 6) is 0.414. The van der Waals surface area contributed by atoms with Crippen molar-refractivity contribution in [2.45, 2.75) is 37.8 Å². The van der Waals surface area contributed by atoms with E-state index in [0.29, 0.717) is 12.0 Å². The summed E-state index contributed by atoms with van der Waals surface area (Å²) in [6.45, 7) is 0. The van der Waals surface area contributed by atoms with Crippen LogP contribution in [0.25, 0.3) is 0 Å². The van der Waals surface area contributed by atoms with Crippen molar-refractivity contribution in [3.63, 3.8) is 0 Å². The largest absolute Gasteiger partial charge is 0.328 e. The van der Waals surface area contributed by atoms with Crippen molar-refractivity contribution >= 4 is 0 Å². The molecule has 1 aliphatic carbocycles. The molecule has 1 fully saturated rings. The van der Waals surface area contributed by atoms with Crippen molar-refractivity contribution in [2.24, 2.45) is 11.7 Å². The first-order valence-electron chi connectivity index (χ1n) is 6.39. The van der Waals surface area contributed by atoms with E-state index in [2.05, 4.69) is 5.32 Å². The zero-order valence-electron chi connectivity index (χ0n) is 10.3. The van der Waals surface area contributed by atoms with Gasteiger partial charge in [-0.25, -0.2) is 4.39 Å². The first kappa shape index (κ1) is 12.5. The molecule has 0 radical (unpaired) electrons. The van der Waals surface area contributed by atoms with E-state index in [-0.39, 0.29) is 11.9 Å². The van der Waals surface area contributed by atoms with Crippen LogP contribution in [0.3, 0.4) is 0 Å². The highest BCUT2D eigenvalue weighted by Gasteiger charge is 2.26. The molecule has 1 unspecified atom stereocenters. The Morgan fingerprint density at radius 3 is 2.59 bits per heavy atom. The minimum atomic E-state index is -0.157. The number of rotatable bonds is 3. The fraction of sp³-hybridized carbons (Fsp3) is 0.571. The monoisotopic (exact) mass is 236 g/mol. The summed E-state index contributed by atoms with van der Waals surface area (Å²) in [5.41, 5.74) is 6.97. The third kappa shape index (κ3) is 3.05. The SMILES string of the molecule is CNC(c1cccc(F)c1)C1CCC(N)CC1. The van der Waals surface area contributed by atoms with Crippen molar-refractivity contribution in [3.8, 4) is 0 Å². The minimum Gasteiger partial charge on any atom is -0.328 e. The third-order valence-corrected chi connectivity index (χ3v) is 3.81. The second kappa shape index (κ2) is 5.61. The van der Waals surface area contributed by atoms with Crippen LogP contribution in [-0.2, 0) is 0 Å². The van der Waals surface area contributed by atoms with Gasteiger partial charge in [-0.15, -0.1) is 0 Å². The highest BCUT2D eigenvalue weighted by Crippen LogP contribution is 2.33. The fourth-order valence-electron chi connectivity index (χ4n) is 2.85. The second-order valence-corrected chi connectivity index (χ2v) is 5.00. The lowest BCUT2D eigenvalue weighted by Crippen LogP contribution is -2.33. The van der Waals surface area contributed by atoms with Crippen molar-refractivity contribution < 1.29 is 4.39 Å². The molecule has 0 aromatic heterocycles. The first-order chi connectivity index (χ1) is 8.20. The Morgan fingerprint density at radius 2 is 2.00 bits per heavy atom. The van der Waals surface area contributed by atoms with Gasteiger partial charge in [0, 0.05) is 12.1 Å². The third-order valence-electron chi connectivity index (χ3n) is 3.81. The van der Waals surface area contributed by atoms with Crippen LogP contribution >= 0.6 is 0 Å². The average Bonchev–Trinajstić information content (AvgIpc) is 2.33. The van der Waals surface area contributed by atoms with Crippen molar-refractivity contribution in [2.75, 3.05) is 7.05 Å². The molecule has 17 heavy (non-hydrogen) atoms. The molecule has 0 saturated heterocycles. The van der Waals surface area contributed by atoms with Crippen molar-refractivity contribution in [1.82, 2.24) is 5.32 Å². The highest BCUT2D eigenvalue weighted by atomic mass is 19.1. The molecule has 0 bridgehead atoms. The lowest BCUT2D eigenvalue weighted by atomic mass is 9.79. The lowest BCUT2D eigenvalue weighted by Gasteiger charge is -2.32. The van der Waals surface area contributed by atoms with E-state index in [9.17, 15) is 4.39 Å². The molecule has 1 aliphatic rings. The number of nitrogens with one attached hydrogen (secondary N) is 1. The Morgan fingerprint density at radius 1 is 1.29 bits per heavy atom. The molecule has 1 aromatic carbocycles. The smallest absolute Gasteiger partial charge is 0.123 e. The topological polar surface area (TPSA) is 38.0 Å². The maximum Gasteiger partial charge on any atom is 0.123 e. The fourth-order valence-corrected chi connectivity index (χ4v) is 2.85. The second-order valence-electron chi connectivity index (χ2n) is 5.00. The number of hydrogen-bond acceptors (Lipinski definition) is 2. The molecule has 1 atom stereocenters. The van der Waals surface area contributed by atoms with Crippen molar-refractivity contribution in [3.05, 3.63) is 35.6 Å². The van der Waals surface area contributed by atoms with Gasteiger partial charge in [-0.3, -0.25) is 0 Å². The molecule has 1 aromatic rings. The Kier molecular flexibility index (Phi) is 4.13. The summed E-state index contributed by atoms with van der Waals surface area (Å²) in [5, 5.41) is 3.32. The molecule has 2 rings (SSSR count). The van der Waals surface area contributed by atoms with Gasteiger partial charge in [-0.2, -0.15) is 0 Å². The van der Waals surface area contributed by atoms with Crippen molar-refractivity contribution in [1.29, 1.82) is 0 Å². The summed E-state index contributed by atoms with van der Waals surface area (Å²) >= 11 is 0. The van der Waals surface area contributed by atoms with Crippen LogP contribution in [0, 0.1) is 11.7 Å². The summed E-state index contributed by atoms with van der Waals surface area (Å²) in [4.78, 5) is 0. The number of halogens is 1. The van der Waals surface area contributed by atoms with Crippen LogP contribution in [0.4, 0.5) is 4.39 Å². The first-order valence-corrected chi connectivity index (χ1v) is 6.39. The molecule has 94 valence electrons. The van der Waals surface area contributed by atoms with Crippen LogP contribution in [0.2, 0.25) is 0 Å². The summed E-state index contributed by atoms with van der Waals surface area (Å²) < 4.78 is 13.2. The Labute approximate surface area is 102 Å². The Hall–Kier alpha value is -0.930. The van der Waals surface area contributed by atoms with E-state index in [0.717, 1.165) is 31.2 Å². The van der Waals surface area contributed by atoms with E-state index in [1.807, 2.05) is 13.1 Å². The molecule has 3 heteroatoms. The quantitative estimate of drug-likeness (QED) is 0.846. The van der Waals surface area contributed by atoms with Gasteiger partial charge in [0.25, 0.3) is 0 Å². The predicted molar refractivity (Wildman–Crippen MR) is 68.1 cm³/mol. The van der Waals surface area contributed by atoms with Gasteiger partial charge in [-0.05, 0) is 56.3 Å². The molecule has 2 nitrogen and oxygen atoms in total. The normalized spacial score (nSPS) is 26.8. The van der Waals surface area contributed by atoms with E-state index in [1.165, 1.54) is 6.07 Å². The van der Waals surface area contributed by atoms with Gasteiger partial charge in [0.2, 0.25) is 0 Å². The van der Waals surface area contributed by atoms with E-state index in [4.69, 9.17) is 5.73 Å². The number of benzene rings is 1. The lowest BCUT2D eigenvalue weighted by molar-refractivity contribution is 0.262. The van der Waals surface area contributed by atoms with Gasteiger partial charge in [0.05, 0.1) is 0 Å². The molecule has 0 heterocycles. The molecule has 0 aliphatic heterocycles. The van der Waals surface area contributed by atoms with Crippen LogP contribution in [0.1, 0.15) is 37.3 Å². The summed E-state index contributed by atoms with van der Waals surface area (Å²) in [7, 11) is 1.95. The zero-order chi connectivity index (χ0) is 12.3. The Balaban J connectivity index is 2.10. The zero-order valence-corrected chi connectivity index (χ0v) is 10.3. The molecule has 1 saturated carbocycles. The maximum absolute atomic E-state index is 13.2. The summed E-state index contributed by atoms with van der Waals surface area (Å²) in [6.07, 6.45) is 4.42. The standard InChI is InChI=1S/C14H21FN2/c1-17-14(10-5-7-13(16)8-6-10)11-3-2-4-12(15)9-11/h2-4,9-10,13-14,17H,5-8,16H2,1H3. The van der Waals surface area contributed by atoms with E-state index >= 15 is 0 Å². The summed E-state index contributed by atoms with van der Waals surface area (Å²) in [6, 6.07) is 7.51. The number of hydrogen-bond donors (Lipinski definition) is 2. The van der Waals surface area contributed by atoms with Gasteiger partial charge in [-0.1, -0.05) is 12.1 Å². The van der Waals surface area contributed by atoms with Crippen LogP contribution < -0.4 is 11.1 Å². The minimum absolute atomic E-state index is 0.157. The van der Waals surface area contributed by atoms with Gasteiger partial charge in [0.1, 0.15) is 5.82 Å². The van der Waals surface area contributed by atoms with E-state index in [1.54, 1.807) is 12.1 Å². The molecular weight excluding hydrogens is 215 g/mol. The van der Waals surface area contributed by atoms with E-state index < -0.39 is 0 Å². The van der Waals surface area contributed by atoms with Gasteiger partial charge >= 0.3 is 0 Å². The van der Waals surface area contributed by atoms with Crippen LogP contribution in [-0.4, -0.2) is 13.1 Å². The van der Waals surface area contributed by atoms with Gasteiger partial charge < -0.3 is 11.1 Å². The molecule has 3 N–H and O–H groups in total. The molecular formula is C14H21FN2. The number of nitrogens with two attached hydrogens (primary N) is 1. The van der Waals surface area contributed by atoms with Gasteiger partial charge in [0.15, 0.2) is 0 Å². The average molecular weight is 236 g/mol. The van der Waals surface area contributed by atoms with Crippen LogP contribution in [0.5, 0.6) is 0 Å². The molecule has 0 amide bonds. The maximum atomic E-state index is 13.2. The molecule has 0 spiro atoms. The highest BCUT2D eigenvalue weighted by molar-refractivity contribution is 5.21. The Bertz CT molecular complexity index is 359. The predicted octanol–water partition coefficient (Wildman–Crippen LogP) is 2.60.